The van der Waals surface area contributed by atoms with E-state index in [0.29, 0.717) is 13.1 Å². The first-order valence-electron chi connectivity index (χ1n) is 10.9. The van der Waals surface area contributed by atoms with Crippen molar-refractivity contribution in [1.82, 2.24) is 14.2 Å². The van der Waals surface area contributed by atoms with Crippen LogP contribution in [-0.4, -0.2) is 55.8 Å². The molecule has 32 heavy (non-hydrogen) atoms. The molecule has 2 aromatic carbocycles. The lowest BCUT2D eigenvalue weighted by Gasteiger charge is -2.40. The minimum Gasteiger partial charge on any atom is -0.360 e. The summed E-state index contributed by atoms with van der Waals surface area (Å²) in [5, 5.41) is 1.03. The molecule has 168 valence electrons. The van der Waals surface area contributed by atoms with Gasteiger partial charge in [0.15, 0.2) is 0 Å². The summed E-state index contributed by atoms with van der Waals surface area (Å²) in [5.74, 6) is -0.246. The van der Waals surface area contributed by atoms with Crippen molar-refractivity contribution < 1.29 is 12.8 Å². The Morgan fingerprint density at radius 1 is 1.16 bits per heavy atom. The number of aromatic amines is 1. The van der Waals surface area contributed by atoms with Crippen molar-refractivity contribution in [3.8, 4) is 0 Å². The minimum absolute atomic E-state index is 0.183. The van der Waals surface area contributed by atoms with Crippen LogP contribution >= 0.6 is 0 Å². The zero-order valence-corrected chi connectivity index (χ0v) is 19.1. The number of aromatic nitrogens is 1. The number of nitrogens with one attached hydrogen (secondary N) is 1. The molecule has 3 heterocycles. The second kappa shape index (κ2) is 8.03. The molecule has 0 saturated heterocycles. The van der Waals surface area contributed by atoms with Crippen molar-refractivity contribution in [3.05, 3.63) is 71.7 Å². The molecule has 1 unspecified atom stereocenters. The monoisotopic (exact) mass is 454 g/mol. The highest BCUT2D eigenvalue weighted by Gasteiger charge is 2.38. The molecule has 0 spiro atoms. The van der Waals surface area contributed by atoms with E-state index in [1.165, 1.54) is 26.3 Å². The van der Waals surface area contributed by atoms with Crippen molar-refractivity contribution in [2.24, 2.45) is 0 Å². The molecule has 0 bridgehead atoms. The van der Waals surface area contributed by atoms with Gasteiger partial charge in [-0.25, -0.2) is 4.39 Å². The highest BCUT2D eigenvalue weighted by atomic mass is 32.2. The number of rotatable bonds is 4. The van der Waals surface area contributed by atoms with Gasteiger partial charge in [0.05, 0.1) is 11.7 Å². The molecule has 0 radical (unpaired) electrons. The van der Waals surface area contributed by atoms with Crippen molar-refractivity contribution in [2.75, 3.05) is 37.5 Å². The molecule has 0 saturated carbocycles. The van der Waals surface area contributed by atoms with Crippen LogP contribution in [0.15, 0.2) is 54.7 Å². The van der Waals surface area contributed by atoms with Crippen LogP contribution in [0.2, 0.25) is 0 Å². The number of nitrogens with zero attached hydrogens (tertiary/aromatic N) is 3. The van der Waals surface area contributed by atoms with Crippen molar-refractivity contribution in [2.45, 2.75) is 19.4 Å². The second-order valence-electron chi connectivity index (χ2n) is 8.50. The fourth-order valence-corrected chi connectivity index (χ4v) is 6.29. The molecule has 0 aliphatic carbocycles. The second-order valence-corrected chi connectivity index (χ2v) is 10.4. The van der Waals surface area contributed by atoms with E-state index >= 15 is 0 Å². The van der Waals surface area contributed by atoms with E-state index in [1.54, 1.807) is 7.05 Å². The molecule has 2 aliphatic rings. The maximum atomic E-state index is 13.5. The summed E-state index contributed by atoms with van der Waals surface area (Å²) >= 11 is 0. The normalized spacial score (nSPS) is 21.5. The maximum absolute atomic E-state index is 13.5. The number of hydrogen-bond donors (Lipinski definition) is 1. The van der Waals surface area contributed by atoms with Crippen molar-refractivity contribution in [3.63, 3.8) is 0 Å². The summed E-state index contributed by atoms with van der Waals surface area (Å²) in [5.41, 5.74) is 4.96. The van der Waals surface area contributed by atoms with Crippen LogP contribution in [0.3, 0.4) is 0 Å². The maximum Gasteiger partial charge on any atom is 0.304 e. The molecular formula is C24H27FN4O2S. The van der Waals surface area contributed by atoms with Crippen LogP contribution < -0.4 is 4.31 Å². The van der Waals surface area contributed by atoms with Crippen LogP contribution in [-0.2, 0) is 10.2 Å². The minimum atomic E-state index is -3.55. The molecule has 6 nitrogen and oxygen atoms in total. The average molecular weight is 455 g/mol. The predicted molar refractivity (Wildman–Crippen MR) is 126 cm³/mol. The Morgan fingerprint density at radius 2 is 1.97 bits per heavy atom. The number of fused-ring (bicyclic) bond motifs is 2. The molecule has 8 heteroatoms. The third-order valence-corrected chi connectivity index (χ3v) is 8.73. The summed E-state index contributed by atoms with van der Waals surface area (Å²) in [4.78, 5) is 5.43. The zero-order chi connectivity index (χ0) is 22.5. The highest BCUT2D eigenvalue weighted by Crippen LogP contribution is 2.38. The quantitative estimate of drug-likeness (QED) is 0.644. The topological polar surface area (TPSA) is 59.7 Å². The predicted octanol–water partition coefficient (Wildman–Crippen LogP) is 4.15. The van der Waals surface area contributed by atoms with Crippen molar-refractivity contribution >= 4 is 32.4 Å². The van der Waals surface area contributed by atoms with Crippen LogP contribution in [0.5, 0.6) is 0 Å². The fourth-order valence-electron chi connectivity index (χ4n) is 4.73. The van der Waals surface area contributed by atoms with Crippen LogP contribution in [0.4, 0.5) is 10.1 Å². The van der Waals surface area contributed by atoms with E-state index in [0.717, 1.165) is 47.2 Å². The van der Waals surface area contributed by atoms with Gasteiger partial charge in [-0.05, 0) is 48.7 Å². The molecular weight excluding hydrogens is 427 g/mol. The molecule has 0 amide bonds. The van der Waals surface area contributed by atoms with Gasteiger partial charge in [0, 0.05) is 55.9 Å². The van der Waals surface area contributed by atoms with E-state index in [2.05, 4.69) is 16.0 Å². The molecule has 1 aromatic heterocycles. The van der Waals surface area contributed by atoms with Gasteiger partial charge in [-0.3, -0.25) is 9.21 Å². The van der Waals surface area contributed by atoms with Gasteiger partial charge in [-0.15, -0.1) is 0 Å². The van der Waals surface area contributed by atoms with Crippen LogP contribution in [0, 0.1) is 5.82 Å². The smallest absolute Gasteiger partial charge is 0.304 e. The number of para-hydroxylation sites is 1. The van der Waals surface area contributed by atoms with E-state index in [1.807, 2.05) is 43.5 Å². The van der Waals surface area contributed by atoms with Gasteiger partial charge in [0.25, 0.3) is 0 Å². The van der Waals surface area contributed by atoms with Crippen LogP contribution in [0.1, 0.15) is 30.5 Å². The van der Waals surface area contributed by atoms with Gasteiger partial charge < -0.3 is 4.98 Å². The summed E-state index contributed by atoms with van der Waals surface area (Å²) in [6.07, 6.45) is 5.01. The van der Waals surface area contributed by atoms with E-state index < -0.39 is 10.2 Å². The number of H-pyrrole nitrogens is 1. The lowest BCUT2D eigenvalue weighted by molar-refractivity contribution is 0.308. The SMILES string of the molecule is CC1c2ccccc2N(CCN2CC=C(c3c[nH]c4cc(F)ccc34)CC2)S(=O)(=O)N1C. The molecule has 2 aliphatic heterocycles. The Bertz CT molecular complexity index is 1300. The Labute approximate surface area is 188 Å². The van der Waals surface area contributed by atoms with Crippen LogP contribution in [0.25, 0.3) is 16.5 Å². The highest BCUT2D eigenvalue weighted by molar-refractivity contribution is 7.90. The molecule has 3 aromatic rings. The van der Waals surface area contributed by atoms with E-state index in [9.17, 15) is 12.8 Å². The summed E-state index contributed by atoms with van der Waals surface area (Å²) in [7, 11) is -1.91. The number of anilines is 1. The largest absolute Gasteiger partial charge is 0.360 e. The van der Waals surface area contributed by atoms with Gasteiger partial charge in [0.2, 0.25) is 0 Å². The first-order valence-corrected chi connectivity index (χ1v) is 12.3. The van der Waals surface area contributed by atoms with Gasteiger partial charge in [-0.1, -0.05) is 24.3 Å². The fraction of sp³-hybridized carbons (Fsp3) is 0.333. The Hall–Kier alpha value is -2.68. The van der Waals surface area contributed by atoms with Gasteiger partial charge in [0.1, 0.15) is 5.82 Å². The van der Waals surface area contributed by atoms with E-state index in [4.69, 9.17) is 0 Å². The Balaban J connectivity index is 1.31. The number of hydrogen-bond acceptors (Lipinski definition) is 3. The van der Waals surface area contributed by atoms with Gasteiger partial charge >= 0.3 is 10.2 Å². The van der Waals surface area contributed by atoms with Crippen molar-refractivity contribution in [1.29, 1.82) is 0 Å². The summed E-state index contributed by atoms with van der Waals surface area (Å²) in [6.45, 7) is 4.58. The Morgan fingerprint density at radius 3 is 2.75 bits per heavy atom. The summed E-state index contributed by atoms with van der Waals surface area (Å²) < 4.78 is 42.7. The zero-order valence-electron chi connectivity index (χ0n) is 18.3. The third-order valence-electron chi connectivity index (χ3n) is 6.75. The molecule has 5 rings (SSSR count). The lowest BCUT2D eigenvalue weighted by atomic mass is 9.99. The lowest BCUT2D eigenvalue weighted by Crippen LogP contribution is -2.50. The number of halogens is 1. The molecule has 1 atom stereocenters. The third kappa shape index (κ3) is 3.52. The first-order chi connectivity index (χ1) is 15.4. The molecule has 0 fully saturated rings. The summed E-state index contributed by atoms with van der Waals surface area (Å²) in [6, 6.07) is 12.4. The standard InChI is InChI=1S/C24H27FN4O2S/c1-17-20-5-3-4-6-24(20)29(32(30,31)27(17)2)14-13-28-11-9-18(10-12-28)22-16-26-23-15-19(25)7-8-21(22)23/h3-9,15-17,26H,10-14H2,1-2H3. The number of benzene rings is 2. The first kappa shape index (κ1) is 21.2. The average Bonchev–Trinajstić information content (AvgIpc) is 3.21. The Kier molecular flexibility index (Phi) is 5.31. The molecule has 1 N–H and O–H groups in total. The van der Waals surface area contributed by atoms with Gasteiger partial charge in [-0.2, -0.15) is 12.7 Å². The van der Waals surface area contributed by atoms with E-state index in [-0.39, 0.29) is 11.9 Å².